The van der Waals surface area contributed by atoms with Gasteiger partial charge in [0, 0.05) is 10.9 Å². The van der Waals surface area contributed by atoms with E-state index in [1.165, 1.54) is 23.5 Å². The zero-order valence-corrected chi connectivity index (χ0v) is 13.0. The summed E-state index contributed by atoms with van der Waals surface area (Å²) in [4.78, 5) is 20.0. The van der Waals surface area contributed by atoms with E-state index in [-0.39, 0.29) is 24.7 Å². The van der Waals surface area contributed by atoms with Crippen molar-refractivity contribution in [2.75, 3.05) is 0 Å². The van der Waals surface area contributed by atoms with E-state index in [0.29, 0.717) is 17.1 Å². The molecule has 0 bridgehead atoms. The van der Waals surface area contributed by atoms with E-state index < -0.39 is 5.97 Å². The molecule has 23 heavy (non-hydrogen) atoms. The minimum atomic E-state index is -0.420. The second kappa shape index (κ2) is 6.66. The molecule has 8 heteroatoms. The third-order valence-electron chi connectivity index (χ3n) is 2.92. The number of aryl methyl sites for hydroxylation is 1. The van der Waals surface area contributed by atoms with Gasteiger partial charge in [-0.25, -0.2) is 9.37 Å². The highest BCUT2D eigenvalue weighted by atomic mass is 32.1. The van der Waals surface area contributed by atoms with Crippen LogP contribution in [-0.4, -0.2) is 21.1 Å². The summed E-state index contributed by atoms with van der Waals surface area (Å²) < 4.78 is 23.0. The van der Waals surface area contributed by atoms with Crippen LogP contribution in [0.1, 0.15) is 16.6 Å². The summed E-state index contributed by atoms with van der Waals surface area (Å²) >= 11 is 1.48. The molecule has 0 aliphatic carbocycles. The van der Waals surface area contributed by atoms with Gasteiger partial charge in [-0.1, -0.05) is 5.16 Å². The Balaban J connectivity index is 1.56. The molecule has 1 aromatic carbocycles. The molecule has 6 nitrogen and oxygen atoms in total. The zero-order valence-electron chi connectivity index (χ0n) is 12.2. The smallest absolute Gasteiger partial charge is 0.312 e. The molecule has 0 unspecified atom stereocenters. The second-order valence-corrected chi connectivity index (χ2v) is 5.78. The highest BCUT2D eigenvalue weighted by Gasteiger charge is 2.12. The van der Waals surface area contributed by atoms with Crippen LogP contribution in [0.2, 0.25) is 0 Å². The summed E-state index contributed by atoms with van der Waals surface area (Å²) in [5.74, 6) is -0.279. The van der Waals surface area contributed by atoms with Crippen LogP contribution in [0.15, 0.2) is 34.2 Å². The van der Waals surface area contributed by atoms with E-state index in [9.17, 15) is 9.18 Å². The molecular weight excluding hydrogens is 321 g/mol. The number of ether oxygens (including phenoxy) is 1. The standard InChI is InChI=1S/C15H12FN3O3S/c1-9-17-12(8-23-9)6-14(20)21-7-13-18-15(19-22-13)10-2-4-11(16)5-3-10/h2-5,8H,6-7H2,1H3. The Morgan fingerprint density at radius 2 is 2.09 bits per heavy atom. The summed E-state index contributed by atoms with van der Waals surface area (Å²) in [6, 6.07) is 5.70. The molecule has 3 aromatic rings. The molecule has 0 radical (unpaired) electrons. The van der Waals surface area contributed by atoms with E-state index in [1.54, 1.807) is 12.1 Å². The molecule has 2 aromatic heterocycles. The lowest BCUT2D eigenvalue weighted by atomic mass is 10.2. The number of halogens is 1. The van der Waals surface area contributed by atoms with Gasteiger partial charge in [-0.15, -0.1) is 11.3 Å². The van der Waals surface area contributed by atoms with Gasteiger partial charge in [0.2, 0.25) is 5.82 Å². The average Bonchev–Trinajstić information content (AvgIpc) is 3.15. The maximum atomic E-state index is 12.9. The topological polar surface area (TPSA) is 78.1 Å². The molecule has 0 fully saturated rings. The first kappa shape index (κ1) is 15.3. The molecule has 118 valence electrons. The Bertz CT molecular complexity index is 813. The number of aromatic nitrogens is 3. The van der Waals surface area contributed by atoms with E-state index in [0.717, 1.165) is 5.01 Å². The maximum absolute atomic E-state index is 12.9. The number of rotatable bonds is 5. The predicted octanol–water partition coefficient (Wildman–Crippen LogP) is 2.93. The minimum absolute atomic E-state index is 0.100. The van der Waals surface area contributed by atoms with Crippen LogP contribution in [0.5, 0.6) is 0 Å². The van der Waals surface area contributed by atoms with Crippen LogP contribution < -0.4 is 0 Å². The normalized spacial score (nSPS) is 10.7. The summed E-state index contributed by atoms with van der Waals surface area (Å²) in [5.41, 5.74) is 1.29. The van der Waals surface area contributed by atoms with Crippen molar-refractivity contribution in [1.29, 1.82) is 0 Å². The van der Waals surface area contributed by atoms with Crippen molar-refractivity contribution in [3.8, 4) is 11.4 Å². The molecule has 0 aliphatic heterocycles. The van der Waals surface area contributed by atoms with E-state index in [4.69, 9.17) is 9.26 Å². The highest BCUT2D eigenvalue weighted by molar-refractivity contribution is 7.09. The van der Waals surface area contributed by atoms with Crippen molar-refractivity contribution in [1.82, 2.24) is 15.1 Å². The zero-order chi connectivity index (χ0) is 16.2. The van der Waals surface area contributed by atoms with Crippen LogP contribution in [0.25, 0.3) is 11.4 Å². The van der Waals surface area contributed by atoms with Gasteiger partial charge in [-0.05, 0) is 31.2 Å². The predicted molar refractivity (Wildman–Crippen MR) is 80.0 cm³/mol. The van der Waals surface area contributed by atoms with Gasteiger partial charge in [0.15, 0.2) is 6.61 Å². The molecule has 0 aliphatic rings. The quantitative estimate of drug-likeness (QED) is 0.668. The number of hydrogen-bond donors (Lipinski definition) is 0. The summed E-state index contributed by atoms with van der Waals surface area (Å²) in [5, 5.41) is 6.48. The molecule has 0 saturated heterocycles. The fraction of sp³-hybridized carbons (Fsp3) is 0.200. The van der Waals surface area contributed by atoms with Crippen molar-refractivity contribution < 1.29 is 18.4 Å². The number of hydrogen-bond acceptors (Lipinski definition) is 7. The lowest BCUT2D eigenvalue weighted by Crippen LogP contribution is -2.08. The van der Waals surface area contributed by atoms with Gasteiger partial charge in [0.25, 0.3) is 5.89 Å². The van der Waals surface area contributed by atoms with Gasteiger partial charge in [-0.2, -0.15) is 4.98 Å². The number of esters is 1. The van der Waals surface area contributed by atoms with Crippen molar-refractivity contribution in [2.24, 2.45) is 0 Å². The lowest BCUT2D eigenvalue weighted by molar-refractivity contribution is -0.144. The molecule has 2 heterocycles. The second-order valence-electron chi connectivity index (χ2n) is 4.71. The first-order chi connectivity index (χ1) is 11.1. The minimum Gasteiger partial charge on any atom is -0.455 e. The molecule has 0 N–H and O–H groups in total. The Labute approximate surface area is 134 Å². The maximum Gasteiger partial charge on any atom is 0.312 e. The van der Waals surface area contributed by atoms with Crippen molar-refractivity contribution in [2.45, 2.75) is 20.0 Å². The summed E-state index contributed by atoms with van der Waals surface area (Å²) in [6.07, 6.45) is 0.100. The van der Waals surface area contributed by atoms with Gasteiger partial charge in [-0.3, -0.25) is 4.79 Å². The fourth-order valence-electron chi connectivity index (χ4n) is 1.86. The van der Waals surface area contributed by atoms with Crippen LogP contribution in [0, 0.1) is 12.7 Å². The summed E-state index contributed by atoms with van der Waals surface area (Å²) in [7, 11) is 0. The number of thiazole rings is 1. The lowest BCUT2D eigenvalue weighted by Gasteiger charge is -1.99. The molecule has 0 atom stereocenters. The molecule has 0 saturated carbocycles. The molecule has 3 rings (SSSR count). The van der Waals surface area contributed by atoms with Crippen molar-refractivity contribution in [3.63, 3.8) is 0 Å². The third kappa shape index (κ3) is 3.98. The van der Waals surface area contributed by atoms with E-state index >= 15 is 0 Å². The third-order valence-corrected chi connectivity index (χ3v) is 3.74. The van der Waals surface area contributed by atoms with Gasteiger partial charge < -0.3 is 9.26 Å². The molecule has 0 amide bonds. The van der Waals surface area contributed by atoms with Crippen molar-refractivity contribution >= 4 is 17.3 Å². The van der Waals surface area contributed by atoms with E-state index in [2.05, 4.69) is 15.1 Å². The van der Waals surface area contributed by atoms with Crippen molar-refractivity contribution in [3.05, 3.63) is 52.1 Å². The van der Waals surface area contributed by atoms with Crippen LogP contribution in [-0.2, 0) is 22.6 Å². The van der Waals surface area contributed by atoms with Gasteiger partial charge in [0.1, 0.15) is 5.82 Å². The Kier molecular flexibility index (Phi) is 4.42. The first-order valence-electron chi connectivity index (χ1n) is 6.75. The Morgan fingerprint density at radius 3 is 2.78 bits per heavy atom. The summed E-state index contributed by atoms with van der Waals surface area (Å²) in [6.45, 7) is 1.76. The Morgan fingerprint density at radius 1 is 1.30 bits per heavy atom. The largest absolute Gasteiger partial charge is 0.455 e. The SMILES string of the molecule is Cc1nc(CC(=O)OCc2nc(-c3ccc(F)cc3)no2)cs1. The first-order valence-corrected chi connectivity index (χ1v) is 7.63. The number of carbonyl (C=O) groups is 1. The van der Waals surface area contributed by atoms with E-state index in [1.807, 2.05) is 12.3 Å². The van der Waals surface area contributed by atoms with Crippen LogP contribution in [0.3, 0.4) is 0 Å². The average molecular weight is 333 g/mol. The Hall–Kier alpha value is -2.61. The number of nitrogens with zero attached hydrogens (tertiary/aromatic N) is 3. The number of carbonyl (C=O) groups excluding carboxylic acids is 1. The van der Waals surface area contributed by atoms with Gasteiger partial charge >= 0.3 is 5.97 Å². The molecule has 0 spiro atoms. The van der Waals surface area contributed by atoms with Crippen LogP contribution >= 0.6 is 11.3 Å². The fourth-order valence-corrected chi connectivity index (χ4v) is 2.47. The highest BCUT2D eigenvalue weighted by Crippen LogP contribution is 2.16. The molecular formula is C15H12FN3O3S. The van der Waals surface area contributed by atoms with Crippen LogP contribution in [0.4, 0.5) is 4.39 Å². The van der Waals surface area contributed by atoms with Gasteiger partial charge in [0.05, 0.1) is 17.1 Å². The monoisotopic (exact) mass is 333 g/mol. The number of benzene rings is 1.